The van der Waals surface area contributed by atoms with Crippen LogP contribution >= 0.6 is 0 Å². The van der Waals surface area contributed by atoms with Crippen LogP contribution in [-0.2, 0) is 11.3 Å². The lowest BCUT2D eigenvalue weighted by Crippen LogP contribution is -2.37. The summed E-state index contributed by atoms with van der Waals surface area (Å²) in [6.45, 7) is 0.418. The van der Waals surface area contributed by atoms with E-state index in [1.807, 2.05) is 0 Å². The molecule has 1 saturated heterocycles. The molecule has 1 fully saturated rings. The molecule has 1 N–H and O–H groups in total. The molecule has 0 saturated carbocycles. The maximum absolute atomic E-state index is 13.7. The summed E-state index contributed by atoms with van der Waals surface area (Å²) >= 11 is 0. The first-order valence-corrected chi connectivity index (χ1v) is 8.42. The topological polar surface area (TPSA) is 45.5 Å². The van der Waals surface area contributed by atoms with E-state index < -0.39 is 29.8 Å². The van der Waals surface area contributed by atoms with Crippen molar-refractivity contribution in [3.05, 3.63) is 48.0 Å². The fraction of sp³-hybridized carbons (Fsp3) is 0.316. The number of halogens is 3. The number of fused-ring (bicyclic) bond motifs is 3. The molecule has 4 nitrogen and oxygen atoms in total. The van der Waals surface area contributed by atoms with Crippen LogP contribution in [0.1, 0.15) is 6.42 Å². The number of carbonyl (C=O) groups excluding carboxylic acids is 1. The van der Waals surface area contributed by atoms with Gasteiger partial charge in [0.05, 0.1) is 12.6 Å². The summed E-state index contributed by atoms with van der Waals surface area (Å²) in [4.78, 5) is 13.0. The van der Waals surface area contributed by atoms with E-state index in [0.29, 0.717) is 21.8 Å². The Morgan fingerprint density at radius 1 is 1.04 bits per heavy atom. The van der Waals surface area contributed by atoms with E-state index in [-0.39, 0.29) is 26.1 Å². The molecule has 0 aliphatic carbocycles. The van der Waals surface area contributed by atoms with Crippen molar-refractivity contribution in [3.63, 3.8) is 0 Å². The first-order chi connectivity index (χ1) is 12.4. The van der Waals surface area contributed by atoms with Gasteiger partial charge < -0.3 is 14.6 Å². The van der Waals surface area contributed by atoms with E-state index in [0.717, 1.165) is 0 Å². The lowest BCUT2D eigenvalue weighted by molar-refractivity contribution is -0.133. The van der Waals surface area contributed by atoms with Gasteiger partial charge in [0.15, 0.2) is 6.17 Å². The molecule has 0 bridgehead atoms. The minimum atomic E-state index is -1.50. The van der Waals surface area contributed by atoms with Gasteiger partial charge >= 0.3 is 0 Å². The fourth-order valence-corrected chi connectivity index (χ4v) is 3.65. The van der Waals surface area contributed by atoms with Crippen LogP contribution in [0, 0.1) is 11.6 Å². The van der Waals surface area contributed by atoms with Crippen LogP contribution in [-0.4, -0.2) is 45.8 Å². The number of alkyl halides is 1. The van der Waals surface area contributed by atoms with Crippen LogP contribution in [0.5, 0.6) is 0 Å². The minimum absolute atomic E-state index is 0.0167. The number of hydrogen-bond donors (Lipinski definition) is 1. The first kappa shape index (κ1) is 16.9. The number of aliphatic hydroxyl groups is 1. The van der Waals surface area contributed by atoms with E-state index in [9.17, 15) is 23.1 Å². The zero-order chi connectivity index (χ0) is 18.4. The summed E-state index contributed by atoms with van der Waals surface area (Å²) in [5, 5.41) is 11.5. The normalized spacial score (nSPS) is 19.0. The lowest BCUT2D eigenvalue weighted by Gasteiger charge is -2.21. The number of aromatic nitrogens is 1. The van der Waals surface area contributed by atoms with Gasteiger partial charge in [-0.05, 0) is 36.4 Å². The summed E-state index contributed by atoms with van der Waals surface area (Å²) in [6.07, 6.45) is -2.29. The van der Waals surface area contributed by atoms with Gasteiger partial charge in [-0.3, -0.25) is 4.79 Å². The number of carbonyl (C=O) groups is 1. The Kier molecular flexibility index (Phi) is 4.11. The molecule has 2 aromatic carbocycles. The van der Waals surface area contributed by atoms with Crippen molar-refractivity contribution in [2.24, 2.45) is 0 Å². The third-order valence-corrected chi connectivity index (χ3v) is 4.85. The predicted molar refractivity (Wildman–Crippen MR) is 91.5 cm³/mol. The van der Waals surface area contributed by atoms with Gasteiger partial charge in [0, 0.05) is 41.3 Å². The smallest absolute Gasteiger partial charge is 0.257 e. The highest BCUT2D eigenvalue weighted by Crippen LogP contribution is 2.30. The summed E-state index contributed by atoms with van der Waals surface area (Å²) in [5.41, 5.74) is 1.31. The van der Waals surface area contributed by atoms with Crippen molar-refractivity contribution >= 4 is 27.7 Å². The highest BCUT2D eigenvalue weighted by Gasteiger charge is 2.32. The average Bonchev–Trinajstić information content (AvgIpc) is 3.07. The van der Waals surface area contributed by atoms with Gasteiger partial charge in [0.1, 0.15) is 11.6 Å². The molecule has 2 atom stereocenters. The van der Waals surface area contributed by atoms with Crippen LogP contribution < -0.4 is 0 Å². The first-order valence-electron chi connectivity index (χ1n) is 8.42. The van der Waals surface area contributed by atoms with E-state index in [4.69, 9.17) is 0 Å². The predicted octanol–water partition coefficient (Wildman–Crippen LogP) is 3.00. The Morgan fingerprint density at radius 3 is 2.12 bits per heavy atom. The summed E-state index contributed by atoms with van der Waals surface area (Å²) in [7, 11) is 0. The molecule has 1 aromatic heterocycles. The quantitative estimate of drug-likeness (QED) is 0.776. The van der Waals surface area contributed by atoms with Crippen molar-refractivity contribution < 1.29 is 23.1 Å². The number of nitrogens with zero attached hydrogens (tertiary/aromatic N) is 2. The van der Waals surface area contributed by atoms with Gasteiger partial charge in [-0.2, -0.15) is 0 Å². The molecule has 0 unspecified atom stereocenters. The van der Waals surface area contributed by atoms with Crippen molar-refractivity contribution in [2.45, 2.75) is 25.2 Å². The van der Waals surface area contributed by atoms with E-state index in [1.54, 1.807) is 16.7 Å². The summed E-state index contributed by atoms with van der Waals surface area (Å²) in [6, 6.07) is 8.42. The number of benzene rings is 2. The monoisotopic (exact) mass is 362 g/mol. The Labute approximate surface area is 147 Å². The molecule has 1 aliphatic heterocycles. The summed E-state index contributed by atoms with van der Waals surface area (Å²) < 4.78 is 42.4. The second-order valence-electron chi connectivity index (χ2n) is 6.63. The molecule has 26 heavy (non-hydrogen) atoms. The zero-order valence-corrected chi connectivity index (χ0v) is 13.8. The molecule has 1 aliphatic rings. The van der Waals surface area contributed by atoms with E-state index >= 15 is 0 Å². The standard InChI is InChI=1S/C19H17F3N2O2/c20-11-1-3-17-14(7-11)15-8-12(21)2-4-18(15)24(17)10-13(25)9-23-6-5-16(22)19(23)26/h1-4,7-8,13,16,25H,5-6,9-10H2/t13-,16+/m1/s1. The Hall–Kier alpha value is -2.54. The molecule has 0 spiro atoms. The highest BCUT2D eigenvalue weighted by molar-refractivity contribution is 6.08. The van der Waals surface area contributed by atoms with Crippen molar-refractivity contribution in [3.8, 4) is 0 Å². The number of hydrogen-bond acceptors (Lipinski definition) is 2. The van der Waals surface area contributed by atoms with Gasteiger partial charge in [0.2, 0.25) is 0 Å². The Bertz CT molecular complexity index is 942. The second kappa shape index (κ2) is 6.32. The van der Waals surface area contributed by atoms with Crippen molar-refractivity contribution in [1.29, 1.82) is 0 Å². The van der Waals surface area contributed by atoms with Gasteiger partial charge in [-0.1, -0.05) is 0 Å². The van der Waals surface area contributed by atoms with Gasteiger partial charge in [-0.15, -0.1) is 0 Å². The number of aliphatic hydroxyl groups excluding tert-OH is 1. The third-order valence-electron chi connectivity index (χ3n) is 4.85. The minimum Gasteiger partial charge on any atom is -0.389 e. The largest absolute Gasteiger partial charge is 0.389 e. The number of likely N-dealkylation sites (tertiary alicyclic amines) is 1. The fourth-order valence-electron chi connectivity index (χ4n) is 3.65. The van der Waals surface area contributed by atoms with Crippen LogP contribution in [0.25, 0.3) is 21.8 Å². The molecule has 1 amide bonds. The average molecular weight is 362 g/mol. The van der Waals surface area contributed by atoms with Crippen LogP contribution in [0.2, 0.25) is 0 Å². The maximum atomic E-state index is 13.7. The SMILES string of the molecule is O=C1[C@@H](F)CCN1C[C@@H](O)Cn1c2ccc(F)cc2c2cc(F)ccc21. The van der Waals surface area contributed by atoms with Crippen molar-refractivity contribution in [2.75, 3.05) is 13.1 Å². The van der Waals surface area contributed by atoms with Crippen LogP contribution in [0.15, 0.2) is 36.4 Å². The van der Waals surface area contributed by atoms with Crippen LogP contribution in [0.3, 0.4) is 0 Å². The Morgan fingerprint density at radius 2 is 1.62 bits per heavy atom. The molecule has 2 heterocycles. The summed E-state index contributed by atoms with van der Waals surface area (Å²) in [5.74, 6) is -1.47. The van der Waals surface area contributed by atoms with E-state index in [1.165, 1.54) is 29.2 Å². The molecule has 4 rings (SSSR count). The molecule has 3 aromatic rings. The molecule has 136 valence electrons. The number of amides is 1. The lowest BCUT2D eigenvalue weighted by atomic mass is 10.1. The molecule has 7 heteroatoms. The number of β-amino-alcohol motifs (C(OH)–C–C–N with tert-alkyl or cyclic N) is 1. The zero-order valence-electron chi connectivity index (χ0n) is 13.8. The molecule has 0 radical (unpaired) electrons. The second-order valence-corrected chi connectivity index (χ2v) is 6.63. The van der Waals surface area contributed by atoms with E-state index in [2.05, 4.69) is 0 Å². The number of rotatable bonds is 4. The molecular formula is C19H17F3N2O2. The maximum Gasteiger partial charge on any atom is 0.257 e. The third kappa shape index (κ3) is 2.82. The van der Waals surface area contributed by atoms with Gasteiger partial charge in [-0.25, -0.2) is 13.2 Å². The Balaban J connectivity index is 1.70. The van der Waals surface area contributed by atoms with Gasteiger partial charge in [0.25, 0.3) is 5.91 Å². The van der Waals surface area contributed by atoms with Crippen LogP contribution in [0.4, 0.5) is 13.2 Å². The van der Waals surface area contributed by atoms with Crippen molar-refractivity contribution in [1.82, 2.24) is 9.47 Å². The highest BCUT2D eigenvalue weighted by atomic mass is 19.1. The molecular weight excluding hydrogens is 345 g/mol.